The van der Waals surface area contributed by atoms with Crippen LogP contribution in [0.5, 0.6) is 0 Å². The van der Waals surface area contributed by atoms with Gasteiger partial charge < -0.3 is 16.4 Å². The second-order valence-electron chi connectivity index (χ2n) is 5.35. The summed E-state index contributed by atoms with van der Waals surface area (Å²) in [5.74, 6) is 0.0336. The Morgan fingerprint density at radius 1 is 1.48 bits per heavy atom. The molecule has 0 aromatic heterocycles. The number of aryl methyl sites for hydroxylation is 1. The Morgan fingerprint density at radius 3 is 3.05 bits per heavy atom. The van der Waals surface area contributed by atoms with Gasteiger partial charge in [-0.15, -0.1) is 0 Å². The second-order valence-corrected chi connectivity index (χ2v) is 5.35. The standard InChI is InChI=1S/C15H22N4O2/c1-11-4-5-12(16)9-13(11)18-14(20)3-2-7-19-8-6-17-15(21)10-19/h4-5,9H,2-3,6-8,10,16H2,1H3,(H,17,21)(H,18,20). The average Bonchev–Trinajstić information content (AvgIpc) is 2.43. The van der Waals surface area contributed by atoms with Gasteiger partial charge >= 0.3 is 0 Å². The number of hydrogen-bond acceptors (Lipinski definition) is 4. The summed E-state index contributed by atoms with van der Waals surface area (Å²) in [6, 6.07) is 5.46. The lowest BCUT2D eigenvalue weighted by Crippen LogP contribution is -2.47. The number of anilines is 2. The van der Waals surface area contributed by atoms with Gasteiger partial charge in [-0.2, -0.15) is 0 Å². The van der Waals surface area contributed by atoms with Crippen molar-refractivity contribution in [3.8, 4) is 0 Å². The Bertz CT molecular complexity index is 530. The third kappa shape index (κ3) is 4.75. The highest BCUT2D eigenvalue weighted by molar-refractivity contribution is 5.92. The summed E-state index contributed by atoms with van der Waals surface area (Å²) in [4.78, 5) is 25.2. The molecule has 6 heteroatoms. The van der Waals surface area contributed by atoms with Gasteiger partial charge in [0.05, 0.1) is 6.54 Å². The Hall–Kier alpha value is -2.08. The summed E-state index contributed by atoms with van der Waals surface area (Å²) >= 11 is 0. The van der Waals surface area contributed by atoms with Crippen molar-refractivity contribution in [3.05, 3.63) is 23.8 Å². The summed E-state index contributed by atoms with van der Waals surface area (Å²) in [5.41, 5.74) is 8.10. The zero-order chi connectivity index (χ0) is 15.2. The van der Waals surface area contributed by atoms with Crippen LogP contribution in [0.4, 0.5) is 11.4 Å². The van der Waals surface area contributed by atoms with Crippen molar-refractivity contribution in [3.63, 3.8) is 0 Å². The van der Waals surface area contributed by atoms with Crippen molar-refractivity contribution < 1.29 is 9.59 Å². The van der Waals surface area contributed by atoms with Crippen LogP contribution in [0.25, 0.3) is 0 Å². The molecule has 0 spiro atoms. The van der Waals surface area contributed by atoms with Gasteiger partial charge in [0.15, 0.2) is 0 Å². The SMILES string of the molecule is Cc1ccc(N)cc1NC(=O)CCCN1CCNC(=O)C1. The number of carbonyl (C=O) groups excluding carboxylic acids is 2. The summed E-state index contributed by atoms with van der Waals surface area (Å²) in [6.07, 6.45) is 1.17. The van der Waals surface area contributed by atoms with Crippen molar-refractivity contribution in [2.75, 3.05) is 37.2 Å². The van der Waals surface area contributed by atoms with Gasteiger partial charge in [0.2, 0.25) is 11.8 Å². The molecule has 1 aliphatic rings. The van der Waals surface area contributed by atoms with E-state index in [9.17, 15) is 9.59 Å². The van der Waals surface area contributed by atoms with E-state index in [-0.39, 0.29) is 11.8 Å². The number of hydrogen-bond donors (Lipinski definition) is 3. The van der Waals surface area contributed by atoms with E-state index in [4.69, 9.17) is 5.73 Å². The fourth-order valence-electron chi connectivity index (χ4n) is 2.33. The molecule has 1 fully saturated rings. The van der Waals surface area contributed by atoms with Crippen LogP contribution >= 0.6 is 0 Å². The Balaban J connectivity index is 1.74. The molecule has 1 aromatic carbocycles. The second kappa shape index (κ2) is 7.08. The molecule has 1 aliphatic heterocycles. The number of nitrogens with one attached hydrogen (secondary N) is 2. The number of rotatable bonds is 5. The minimum Gasteiger partial charge on any atom is -0.399 e. The van der Waals surface area contributed by atoms with E-state index in [1.807, 2.05) is 19.1 Å². The van der Waals surface area contributed by atoms with E-state index in [0.29, 0.717) is 25.2 Å². The largest absolute Gasteiger partial charge is 0.399 e. The molecule has 0 atom stereocenters. The summed E-state index contributed by atoms with van der Waals surface area (Å²) in [5, 5.41) is 5.66. The van der Waals surface area contributed by atoms with Gasteiger partial charge in [0.25, 0.3) is 0 Å². The monoisotopic (exact) mass is 290 g/mol. The van der Waals surface area contributed by atoms with Crippen LogP contribution in [-0.2, 0) is 9.59 Å². The predicted molar refractivity (Wildman–Crippen MR) is 82.9 cm³/mol. The Kier molecular flexibility index (Phi) is 5.16. The van der Waals surface area contributed by atoms with Crippen molar-refractivity contribution in [1.29, 1.82) is 0 Å². The number of nitrogen functional groups attached to an aromatic ring is 1. The van der Waals surface area contributed by atoms with Crippen LogP contribution in [0, 0.1) is 6.92 Å². The zero-order valence-corrected chi connectivity index (χ0v) is 12.3. The number of nitrogens with zero attached hydrogens (tertiary/aromatic N) is 1. The fourth-order valence-corrected chi connectivity index (χ4v) is 2.33. The third-order valence-corrected chi connectivity index (χ3v) is 3.53. The lowest BCUT2D eigenvalue weighted by Gasteiger charge is -2.26. The first-order valence-electron chi connectivity index (χ1n) is 7.19. The van der Waals surface area contributed by atoms with Gasteiger partial charge in [-0.1, -0.05) is 6.07 Å². The first-order chi connectivity index (χ1) is 10.0. The molecule has 0 unspecified atom stereocenters. The van der Waals surface area contributed by atoms with Gasteiger partial charge in [0.1, 0.15) is 0 Å². The van der Waals surface area contributed by atoms with Crippen LogP contribution in [-0.4, -0.2) is 42.9 Å². The van der Waals surface area contributed by atoms with Crippen LogP contribution < -0.4 is 16.4 Å². The molecular weight excluding hydrogens is 268 g/mol. The van der Waals surface area contributed by atoms with Crippen molar-refractivity contribution in [2.45, 2.75) is 19.8 Å². The quantitative estimate of drug-likeness (QED) is 0.698. The highest BCUT2D eigenvalue weighted by Gasteiger charge is 2.15. The molecule has 4 N–H and O–H groups in total. The van der Waals surface area contributed by atoms with Gasteiger partial charge in [-0.25, -0.2) is 0 Å². The molecule has 1 aromatic rings. The average molecular weight is 290 g/mol. The summed E-state index contributed by atoms with van der Waals surface area (Å²) < 4.78 is 0. The molecule has 1 saturated heterocycles. The van der Waals surface area contributed by atoms with Crippen molar-refractivity contribution in [1.82, 2.24) is 10.2 Å². The first kappa shape index (κ1) is 15.3. The molecule has 114 valence electrons. The minimum atomic E-state index is -0.0230. The Labute approximate surface area is 124 Å². The molecule has 0 saturated carbocycles. The van der Waals surface area contributed by atoms with Crippen LogP contribution in [0.3, 0.4) is 0 Å². The smallest absolute Gasteiger partial charge is 0.234 e. The van der Waals surface area contributed by atoms with Crippen LogP contribution in [0.2, 0.25) is 0 Å². The van der Waals surface area contributed by atoms with Gasteiger partial charge in [-0.3, -0.25) is 14.5 Å². The van der Waals surface area contributed by atoms with Crippen molar-refractivity contribution in [2.24, 2.45) is 0 Å². The van der Waals surface area contributed by atoms with E-state index in [1.54, 1.807) is 6.07 Å². The molecular formula is C15H22N4O2. The molecule has 21 heavy (non-hydrogen) atoms. The number of amides is 2. The minimum absolute atomic E-state index is 0.0230. The van der Waals surface area contributed by atoms with E-state index in [0.717, 1.165) is 30.8 Å². The molecule has 2 amide bonds. The molecule has 1 heterocycles. The zero-order valence-electron chi connectivity index (χ0n) is 12.3. The molecule has 0 radical (unpaired) electrons. The van der Waals surface area contributed by atoms with Gasteiger partial charge in [0, 0.05) is 30.9 Å². The molecule has 6 nitrogen and oxygen atoms in total. The maximum Gasteiger partial charge on any atom is 0.234 e. The molecule has 2 rings (SSSR count). The van der Waals surface area contributed by atoms with E-state index < -0.39 is 0 Å². The van der Waals surface area contributed by atoms with E-state index in [1.165, 1.54) is 0 Å². The lowest BCUT2D eigenvalue weighted by atomic mass is 10.1. The fraction of sp³-hybridized carbons (Fsp3) is 0.467. The first-order valence-corrected chi connectivity index (χ1v) is 7.19. The Morgan fingerprint density at radius 2 is 2.29 bits per heavy atom. The number of nitrogens with two attached hydrogens (primary N) is 1. The van der Waals surface area contributed by atoms with E-state index in [2.05, 4.69) is 15.5 Å². The number of carbonyl (C=O) groups is 2. The third-order valence-electron chi connectivity index (χ3n) is 3.53. The highest BCUT2D eigenvalue weighted by atomic mass is 16.2. The highest BCUT2D eigenvalue weighted by Crippen LogP contribution is 2.18. The molecule has 0 aliphatic carbocycles. The number of benzene rings is 1. The summed E-state index contributed by atoms with van der Waals surface area (Å²) in [6.45, 7) is 4.66. The van der Waals surface area contributed by atoms with Crippen LogP contribution in [0.15, 0.2) is 18.2 Å². The topological polar surface area (TPSA) is 87.5 Å². The normalized spacial score (nSPS) is 15.6. The maximum absolute atomic E-state index is 11.9. The number of piperazine rings is 1. The maximum atomic E-state index is 11.9. The van der Waals surface area contributed by atoms with Crippen LogP contribution in [0.1, 0.15) is 18.4 Å². The molecule has 0 bridgehead atoms. The van der Waals surface area contributed by atoms with Gasteiger partial charge in [-0.05, 0) is 37.6 Å². The van der Waals surface area contributed by atoms with Crippen molar-refractivity contribution >= 4 is 23.2 Å². The lowest BCUT2D eigenvalue weighted by molar-refractivity contribution is -0.124. The summed E-state index contributed by atoms with van der Waals surface area (Å²) in [7, 11) is 0. The predicted octanol–water partition coefficient (Wildman–Crippen LogP) is 0.728. The van der Waals surface area contributed by atoms with E-state index >= 15 is 0 Å².